The summed E-state index contributed by atoms with van der Waals surface area (Å²) in [6.07, 6.45) is 6.15. The summed E-state index contributed by atoms with van der Waals surface area (Å²) in [6.45, 7) is 9.14. The molecule has 0 aromatic carbocycles. The fourth-order valence-corrected chi connectivity index (χ4v) is 2.29. The fraction of sp³-hybridized carbons (Fsp3) is 1.00. The summed E-state index contributed by atoms with van der Waals surface area (Å²) >= 11 is 0. The summed E-state index contributed by atoms with van der Waals surface area (Å²) < 4.78 is 6.08. The molecule has 0 N–H and O–H groups in total. The van der Waals surface area contributed by atoms with E-state index in [-0.39, 0.29) is 0 Å². The second-order valence-electron chi connectivity index (χ2n) is 4.71. The highest BCUT2D eigenvalue weighted by atomic mass is 16.5. The van der Waals surface area contributed by atoms with E-state index in [4.69, 9.17) is 4.74 Å². The molecule has 0 amide bonds. The smallest absolute Gasteiger partial charge is 0.0629 e. The molecule has 1 heterocycles. The van der Waals surface area contributed by atoms with Gasteiger partial charge >= 0.3 is 0 Å². The van der Waals surface area contributed by atoms with Crippen LogP contribution in [-0.2, 0) is 4.74 Å². The van der Waals surface area contributed by atoms with Crippen molar-refractivity contribution in [3.05, 3.63) is 0 Å². The highest BCUT2D eigenvalue weighted by Crippen LogP contribution is 2.29. The monoisotopic (exact) mass is 184 g/mol. The summed E-state index contributed by atoms with van der Waals surface area (Å²) in [7, 11) is 0. The van der Waals surface area contributed by atoms with Gasteiger partial charge in [0.15, 0.2) is 0 Å². The lowest BCUT2D eigenvalue weighted by Crippen LogP contribution is -2.29. The Labute approximate surface area is 82.9 Å². The predicted molar refractivity (Wildman–Crippen MR) is 56.8 cm³/mol. The van der Waals surface area contributed by atoms with Crippen molar-refractivity contribution in [2.75, 3.05) is 0 Å². The van der Waals surface area contributed by atoms with Crippen molar-refractivity contribution >= 4 is 0 Å². The van der Waals surface area contributed by atoms with E-state index in [2.05, 4.69) is 27.7 Å². The van der Waals surface area contributed by atoms with Crippen molar-refractivity contribution in [2.24, 2.45) is 11.8 Å². The van der Waals surface area contributed by atoms with Crippen molar-refractivity contribution in [3.8, 4) is 0 Å². The third kappa shape index (κ3) is 2.98. The zero-order valence-corrected chi connectivity index (χ0v) is 9.55. The van der Waals surface area contributed by atoms with Gasteiger partial charge in [-0.25, -0.2) is 0 Å². The Kier molecular flexibility index (Phi) is 4.24. The molecule has 78 valence electrons. The Balaban J connectivity index is 2.56. The van der Waals surface area contributed by atoms with Gasteiger partial charge in [0.1, 0.15) is 0 Å². The van der Waals surface area contributed by atoms with Crippen LogP contribution in [0.4, 0.5) is 0 Å². The van der Waals surface area contributed by atoms with E-state index in [1.807, 2.05) is 0 Å². The molecule has 1 saturated heterocycles. The first-order valence-corrected chi connectivity index (χ1v) is 5.80. The first kappa shape index (κ1) is 11.0. The van der Waals surface area contributed by atoms with Gasteiger partial charge in [0.05, 0.1) is 12.2 Å². The Bertz CT molecular complexity index is 144. The Morgan fingerprint density at radius 3 is 2.62 bits per heavy atom. The van der Waals surface area contributed by atoms with Gasteiger partial charge in [-0.1, -0.05) is 33.6 Å². The molecule has 4 atom stereocenters. The average Bonchev–Trinajstić information content (AvgIpc) is 2.27. The van der Waals surface area contributed by atoms with Crippen LogP contribution in [0.5, 0.6) is 0 Å². The molecule has 1 aliphatic rings. The summed E-state index contributed by atoms with van der Waals surface area (Å²) in [6, 6.07) is 0. The van der Waals surface area contributed by atoms with Crippen LogP contribution in [0, 0.1) is 11.8 Å². The Hall–Kier alpha value is -0.0400. The lowest BCUT2D eigenvalue weighted by Gasteiger charge is -2.28. The number of hydrogen-bond donors (Lipinski definition) is 0. The van der Waals surface area contributed by atoms with Gasteiger partial charge in [0, 0.05) is 0 Å². The maximum absolute atomic E-state index is 6.08. The van der Waals surface area contributed by atoms with Crippen LogP contribution >= 0.6 is 0 Å². The maximum atomic E-state index is 6.08. The summed E-state index contributed by atoms with van der Waals surface area (Å²) in [5.74, 6) is 1.47. The molecule has 1 aliphatic heterocycles. The molecular weight excluding hydrogens is 160 g/mol. The maximum Gasteiger partial charge on any atom is 0.0629 e. The number of rotatable bonds is 2. The van der Waals surface area contributed by atoms with Gasteiger partial charge in [-0.3, -0.25) is 0 Å². The van der Waals surface area contributed by atoms with Gasteiger partial charge in [0.2, 0.25) is 0 Å². The van der Waals surface area contributed by atoms with Crippen molar-refractivity contribution in [1.82, 2.24) is 0 Å². The summed E-state index contributed by atoms with van der Waals surface area (Å²) in [5, 5.41) is 0. The van der Waals surface area contributed by atoms with Crippen LogP contribution in [0.25, 0.3) is 0 Å². The van der Waals surface area contributed by atoms with Crippen molar-refractivity contribution in [3.63, 3.8) is 0 Å². The van der Waals surface area contributed by atoms with Gasteiger partial charge in [-0.2, -0.15) is 0 Å². The zero-order valence-electron chi connectivity index (χ0n) is 9.55. The first-order valence-electron chi connectivity index (χ1n) is 5.80. The quantitative estimate of drug-likeness (QED) is 0.637. The minimum absolute atomic E-state index is 0.476. The molecule has 0 aliphatic carbocycles. The van der Waals surface area contributed by atoms with E-state index < -0.39 is 0 Å². The van der Waals surface area contributed by atoms with Crippen LogP contribution in [0.2, 0.25) is 0 Å². The molecule has 4 unspecified atom stereocenters. The molecule has 0 aromatic heterocycles. The first-order chi connectivity index (χ1) is 6.15. The highest BCUT2D eigenvalue weighted by molar-refractivity contribution is 4.76. The van der Waals surface area contributed by atoms with Crippen LogP contribution in [0.1, 0.15) is 53.4 Å². The van der Waals surface area contributed by atoms with Gasteiger partial charge in [-0.05, 0) is 31.6 Å². The second-order valence-corrected chi connectivity index (χ2v) is 4.71. The van der Waals surface area contributed by atoms with E-state index in [9.17, 15) is 0 Å². The Morgan fingerprint density at radius 1 is 1.31 bits per heavy atom. The molecule has 0 spiro atoms. The van der Waals surface area contributed by atoms with Crippen LogP contribution in [0.15, 0.2) is 0 Å². The topological polar surface area (TPSA) is 9.23 Å². The molecule has 1 heteroatoms. The number of ether oxygens (including phenoxy) is 1. The lowest BCUT2D eigenvalue weighted by molar-refractivity contribution is -0.0493. The average molecular weight is 184 g/mol. The third-order valence-corrected chi connectivity index (χ3v) is 3.43. The van der Waals surface area contributed by atoms with E-state index in [1.165, 1.54) is 25.7 Å². The van der Waals surface area contributed by atoms with Gasteiger partial charge in [-0.15, -0.1) is 0 Å². The van der Waals surface area contributed by atoms with Crippen molar-refractivity contribution in [2.45, 2.75) is 65.6 Å². The Morgan fingerprint density at radius 2 is 2.00 bits per heavy atom. The van der Waals surface area contributed by atoms with Gasteiger partial charge in [0.25, 0.3) is 0 Å². The molecule has 1 nitrogen and oxygen atoms in total. The van der Waals surface area contributed by atoms with E-state index in [1.54, 1.807) is 0 Å². The second kappa shape index (κ2) is 4.99. The van der Waals surface area contributed by atoms with Crippen LogP contribution in [-0.4, -0.2) is 12.2 Å². The molecule has 1 fully saturated rings. The minimum atomic E-state index is 0.476. The number of hydrogen-bond acceptors (Lipinski definition) is 1. The third-order valence-electron chi connectivity index (χ3n) is 3.43. The molecule has 0 saturated carbocycles. The molecule has 0 bridgehead atoms. The van der Waals surface area contributed by atoms with Crippen LogP contribution < -0.4 is 0 Å². The van der Waals surface area contributed by atoms with E-state index >= 15 is 0 Å². The molecule has 0 radical (unpaired) electrons. The highest BCUT2D eigenvalue weighted by Gasteiger charge is 2.27. The van der Waals surface area contributed by atoms with Gasteiger partial charge < -0.3 is 4.74 Å². The standard InChI is InChI=1S/C12H24O/c1-5-9(2)12-10(3)7-6-8-11(4)13-12/h9-12H,5-8H2,1-4H3. The van der Waals surface area contributed by atoms with E-state index in [0.717, 1.165) is 11.8 Å². The molecule has 13 heavy (non-hydrogen) atoms. The minimum Gasteiger partial charge on any atom is -0.375 e. The molecule has 0 aromatic rings. The normalized spacial score (nSPS) is 38.3. The molecular formula is C12H24O. The largest absolute Gasteiger partial charge is 0.375 e. The predicted octanol–water partition coefficient (Wildman–Crippen LogP) is 3.63. The zero-order chi connectivity index (χ0) is 9.84. The van der Waals surface area contributed by atoms with Crippen molar-refractivity contribution < 1.29 is 4.74 Å². The van der Waals surface area contributed by atoms with E-state index in [0.29, 0.717) is 12.2 Å². The fourth-order valence-electron chi connectivity index (χ4n) is 2.29. The molecule has 1 rings (SSSR count). The lowest BCUT2D eigenvalue weighted by atomic mass is 9.89. The summed E-state index contributed by atoms with van der Waals surface area (Å²) in [5.41, 5.74) is 0. The SMILES string of the molecule is CCC(C)C1OC(C)CCCC1C. The van der Waals surface area contributed by atoms with Crippen molar-refractivity contribution in [1.29, 1.82) is 0 Å². The summed E-state index contributed by atoms with van der Waals surface area (Å²) in [4.78, 5) is 0. The van der Waals surface area contributed by atoms with Crippen LogP contribution in [0.3, 0.4) is 0 Å².